The van der Waals surface area contributed by atoms with E-state index in [-0.39, 0.29) is 0 Å². The molecular formula is C68H45N. The summed E-state index contributed by atoms with van der Waals surface area (Å²) in [5.74, 6) is 0. The normalized spacial score (nSPS) is 11.5. The largest absolute Gasteiger partial charge is 0.310 e. The third-order valence-electron chi connectivity index (χ3n) is 14.0. The molecule has 0 spiro atoms. The molecule has 0 saturated heterocycles. The predicted octanol–water partition coefficient (Wildman–Crippen LogP) is 19.3. The molecule has 13 rings (SSSR count). The molecule has 13 aromatic rings. The maximum Gasteiger partial charge on any atom is 0.0540 e. The summed E-state index contributed by atoms with van der Waals surface area (Å²) in [6.07, 6.45) is 0. The van der Waals surface area contributed by atoms with Gasteiger partial charge in [0.25, 0.3) is 0 Å². The van der Waals surface area contributed by atoms with Crippen LogP contribution >= 0.6 is 0 Å². The molecule has 0 aliphatic rings. The second kappa shape index (κ2) is 17.0. The molecule has 0 radical (unpaired) electrons. The lowest BCUT2D eigenvalue weighted by Crippen LogP contribution is -2.10. The Kier molecular flexibility index (Phi) is 9.91. The smallest absolute Gasteiger partial charge is 0.0540 e. The van der Waals surface area contributed by atoms with Crippen LogP contribution in [0.2, 0.25) is 0 Å². The van der Waals surface area contributed by atoms with Gasteiger partial charge in [0.1, 0.15) is 0 Å². The topological polar surface area (TPSA) is 3.24 Å². The van der Waals surface area contributed by atoms with Gasteiger partial charge >= 0.3 is 0 Å². The van der Waals surface area contributed by atoms with Gasteiger partial charge in [-0.25, -0.2) is 0 Å². The van der Waals surface area contributed by atoms with Gasteiger partial charge in [0, 0.05) is 16.8 Å². The van der Waals surface area contributed by atoms with Crippen molar-refractivity contribution in [2.45, 2.75) is 0 Å². The number of fused-ring (bicyclic) bond motifs is 7. The lowest BCUT2D eigenvalue weighted by atomic mass is 9.84. The average molecular weight is 876 g/mol. The van der Waals surface area contributed by atoms with E-state index in [0.717, 1.165) is 22.6 Å². The van der Waals surface area contributed by atoms with Gasteiger partial charge in [-0.2, -0.15) is 0 Å². The second-order valence-electron chi connectivity index (χ2n) is 18.0. The van der Waals surface area contributed by atoms with Crippen molar-refractivity contribution < 1.29 is 0 Å². The lowest BCUT2D eigenvalue weighted by molar-refractivity contribution is 1.30. The Hall–Kier alpha value is -9.04. The minimum Gasteiger partial charge on any atom is -0.310 e. The van der Waals surface area contributed by atoms with Crippen LogP contribution < -0.4 is 4.90 Å². The third-order valence-corrected chi connectivity index (χ3v) is 14.0. The van der Waals surface area contributed by atoms with Crippen molar-refractivity contribution in [1.82, 2.24) is 0 Å². The monoisotopic (exact) mass is 875 g/mol. The number of hydrogen-bond acceptors (Lipinski definition) is 1. The molecule has 0 unspecified atom stereocenters. The number of hydrogen-bond donors (Lipinski definition) is 0. The molecule has 0 N–H and O–H groups in total. The predicted molar refractivity (Wildman–Crippen MR) is 296 cm³/mol. The molecule has 0 aromatic heterocycles. The highest BCUT2D eigenvalue weighted by Gasteiger charge is 2.21. The summed E-state index contributed by atoms with van der Waals surface area (Å²) >= 11 is 0. The lowest BCUT2D eigenvalue weighted by Gasteiger charge is -2.28. The zero-order valence-electron chi connectivity index (χ0n) is 37.9. The average Bonchev–Trinajstić information content (AvgIpc) is 3.43. The van der Waals surface area contributed by atoms with Gasteiger partial charge in [-0.1, -0.05) is 237 Å². The highest BCUT2D eigenvalue weighted by Crippen LogP contribution is 2.47. The Morgan fingerprint density at radius 3 is 1.41 bits per heavy atom. The molecule has 1 heteroatoms. The Morgan fingerprint density at radius 2 is 0.667 bits per heavy atom. The maximum atomic E-state index is 2.44. The van der Waals surface area contributed by atoms with Crippen molar-refractivity contribution in [3.63, 3.8) is 0 Å². The molecular weight excluding hydrogens is 831 g/mol. The van der Waals surface area contributed by atoms with E-state index in [4.69, 9.17) is 0 Å². The maximum absolute atomic E-state index is 2.44. The van der Waals surface area contributed by atoms with Crippen LogP contribution in [0.1, 0.15) is 0 Å². The Balaban J connectivity index is 0.999. The number of nitrogens with zero attached hydrogens (tertiary/aromatic N) is 1. The van der Waals surface area contributed by atoms with E-state index in [0.29, 0.717) is 0 Å². The van der Waals surface area contributed by atoms with Crippen LogP contribution in [0.4, 0.5) is 17.1 Å². The first-order chi connectivity index (χ1) is 34.2. The molecule has 0 fully saturated rings. The first-order valence-electron chi connectivity index (χ1n) is 23.8. The molecule has 0 amide bonds. The number of rotatable bonds is 8. The minimum absolute atomic E-state index is 1.08. The second-order valence-corrected chi connectivity index (χ2v) is 18.0. The van der Waals surface area contributed by atoms with Crippen LogP contribution in [-0.4, -0.2) is 0 Å². The van der Waals surface area contributed by atoms with E-state index in [2.05, 4.69) is 278 Å². The summed E-state index contributed by atoms with van der Waals surface area (Å²) in [6.45, 7) is 0. The Labute approximate surface area is 402 Å². The zero-order valence-corrected chi connectivity index (χ0v) is 37.9. The third kappa shape index (κ3) is 7.03. The van der Waals surface area contributed by atoms with E-state index in [9.17, 15) is 0 Å². The molecule has 1 nitrogen and oxygen atoms in total. The fourth-order valence-electron chi connectivity index (χ4n) is 10.9. The van der Waals surface area contributed by atoms with Gasteiger partial charge in [0.05, 0.1) is 5.69 Å². The fourth-order valence-corrected chi connectivity index (χ4v) is 10.9. The molecule has 0 bridgehead atoms. The molecule has 0 aliphatic carbocycles. The van der Waals surface area contributed by atoms with Crippen molar-refractivity contribution in [1.29, 1.82) is 0 Å². The Morgan fingerprint density at radius 1 is 0.203 bits per heavy atom. The summed E-state index contributed by atoms with van der Waals surface area (Å²) in [5.41, 5.74) is 15.4. The molecule has 69 heavy (non-hydrogen) atoms. The van der Waals surface area contributed by atoms with Crippen molar-refractivity contribution in [3.8, 4) is 55.6 Å². The van der Waals surface area contributed by atoms with E-state index < -0.39 is 0 Å². The SMILES string of the molecule is c1ccc(-c2ccc(N(c3ccc(-c4cccc5c4ccc4ccccc45)cc3)c3cccc(-c4ccc5c(c4)c(-c4ccccc4)c(-c4ccccc4)c4ccccc45)c3)c3ccccc23)cc1. The number of benzene rings is 13. The molecule has 13 aromatic carbocycles. The van der Waals surface area contributed by atoms with Gasteiger partial charge in [0.2, 0.25) is 0 Å². The highest BCUT2D eigenvalue weighted by molar-refractivity contribution is 6.22. The van der Waals surface area contributed by atoms with Gasteiger partial charge in [-0.3, -0.25) is 0 Å². The summed E-state index contributed by atoms with van der Waals surface area (Å²) in [4.78, 5) is 2.44. The standard InChI is InChI=1S/C68H45N/c1-4-18-46(19-5-1)57-42-43-66(63-30-14-12-28-59(57)63)69(53-38-34-48(35-39-53)56-32-17-33-58-55-27-11-10-20-47(55)36-40-61(56)58)54-26-16-25-51(44-54)52-37-41-62-60-29-13-15-31-64(60)67(49-21-6-2-7-22-49)68(65(62)45-52)50-23-8-3-9-24-50/h1-45H. The Bertz CT molecular complexity index is 4040. The molecule has 0 atom stereocenters. The van der Waals surface area contributed by atoms with E-state index in [1.807, 2.05) is 0 Å². The van der Waals surface area contributed by atoms with Crippen molar-refractivity contribution in [3.05, 3.63) is 273 Å². The summed E-state index contributed by atoms with van der Waals surface area (Å²) in [5, 5.41) is 12.4. The van der Waals surface area contributed by atoms with Gasteiger partial charge in [-0.15, -0.1) is 0 Å². The van der Waals surface area contributed by atoms with Crippen LogP contribution in [0.5, 0.6) is 0 Å². The number of anilines is 3. The fraction of sp³-hybridized carbons (Fsp3) is 0. The van der Waals surface area contributed by atoms with E-state index in [1.165, 1.54) is 104 Å². The summed E-state index contributed by atoms with van der Waals surface area (Å²) in [7, 11) is 0. The van der Waals surface area contributed by atoms with Crippen molar-refractivity contribution >= 4 is 70.9 Å². The molecule has 322 valence electrons. The van der Waals surface area contributed by atoms with Crippen LogP contribution in [-0.2, 0) is 0 Å². The van der Waals surface area contributed by atoms with E-state index in [1.54, 1.807) is 0 Å². The van der Waals surface area contributed by atoms with Crippen LogP contribution in [0.3, 0.4) is 0 Å². The first kappa shape index (κ1) is 40.3. The van der Waals surface area contributed by atoms with Gasteiger partial charge in [0.15, 0.2) is 0 Å². The van der Waals surface area contributed by atoms with Crippen molar-refractivity contribution in [2.24, 2.45) is 0 Å². The van der Waals surface area contributed by atoms with Crippen LogP contribution in [0.15, 0.2) is 273 Å². The van der Waals surface area contributed by atoms with Crippen LogP contribution in [0.25, 0.3) is 109 Å². The van der Waals surface area contributed by atoms with Gasteiger partial charge < -0.3 is 4.90 Å². The highest BCUT2D eigenvalue weighted by atomic mass is 15.1. The zero-order chi connectivity index (χ0) is 45.7. The molecule has 0 heterocycles. The van der Waals surface area contributed by atoms with E-state index >= 15 is 0 Å². The van der Waals surface area contributed by atoms with Crippen LogP contribution in [0, 0.1) is 0 Å². The quantitative estimate of drug-likeness (QED) is 0.138. The molecule has 0 saturated carbocycles. The summed E-state index contributed by atoms with van der Waals surface area (Å²) < 4.78 is 0. The minimum atomic E-state index is 1.08. The molecule has 0 aliphatic heterocycles. The summed E-state index contributed by atoms with van der Waals surface area (Å²) in [6, 6.07) is 100. The first-order valence-corrected chi connectivity index (χ1v) is 23.8. The van der Waals surface area contributed by atoms with Crippen molar-refractivity contribution in [2.75, 3.05) is 4.90 Å². The van der Waals surface area contributed by atoms with Gasteiger partial charge in [-0.05, 0) is 141 Å².